The quantitative estimate of drug-likeness (QED) is 0.456. The first-order chi connectivity index (χ1) is 18.5. The monoisotopic (exact) mass is 531 g/mol. The lowest BCUT2D eigenvalue weighted by Gasteiger charge is -2.28. The van der Waals surface area contributed by atoms with Crippen LogP contribution in [-0.4, -0.2) is 42.0 Å². The first-order valence-corrected chi connectivity index (χ1v) is 12.5. The van der Waals surface area contributed by atoms with Gasteiger partial charge in [0.15, 0.2) is 0 Å². The van der Waals surface area contributed by atoms with Gasteiger partial charge in [0.1, 0.15) is 24.6 Å². The average molecular weight is 532 g/mol. The van der Waals surface area contributed by atoms with Crippen LogP contribution in [0.3, 0.4) is 0 Å². The van der Waals surface area contributed by atoms with Gasteiger partial charge in [-0.3, -0.25) is 19.8 Å². The highest BCUT2D eigenvalue weighted by molar-refractivity contribution is 6.21. The van der Waals surface area contributed by atoms with E-state index in [1.807, 2.05) is 18.2 Å². The molecule has 1 aliphatic heterocycles. The Morgan fingerprint density at radius 3 is 2.33 bits per heavy atom. The van der Waals surface area contributed by atoms with Crippen molar-refractivity contribution >= 4 is 29.4 Å². The third-order valence-electron chi connectivity index (χ3n) is 5.82. The summed E-state index contributed by atoms with van der Waals surface area (Å²) in [4.78, 5) is 45.3. The summed E-state index contributed by atoms with van der Waals surface area (Å²) >= 11 is 0. The lowest BCUT2D eigenvalue weighted by atomic mass is 9.97. The number of ether oxygens (including phenoxy) is 2. The largest absolute Gasteiger partial charge is 0.459 e. The molecule has 2 amide bonds. The summed E-state index contributed by atoms with van der Waals surface area (Å²) in [5, 5.41) is 2.49. The Hall–Kier alpha value is -4.53. The normalized spacial score (nSPS) is 15.1. The first kappa shape index (κ1) is 27.5. The molecule has 39 heavy (non-hydrogen) atoms. The van der Waals surface area contributed by atoms with Crippen LogP contribution in [0.2, 0.25) is 0 Å². The summed E-state index contributed by atoms with van der Waals surface area (Å²) in [6, 6.07) is 20.3. The fraction of sp³-hybridized carbons (Fsp3) is 0.267. The highest BCUT2D eigenvalue weighted by Crippen LogP contribution is 2.32. The molecular formula is C30H30FN3O5. The fourth-order valence-electron chi connectivity index (χ4n) is 4.22. The van der Waals surface area contributed by atoms with Gasteiger partial charge in [0.05, 0.1) is 11.4 Å². The second-order valence-corrected chi connectivity index (χ2v) is 10.0. The van der Waals surface area contributed by atoms with Crippen LogP contribution in [0, 0.1) is 12.7 Å². The summed E-state index contributed by atoms with van der Waals surface area (Å²) in [7, 11) is 0. The Morgan fingerprint density at radius 2 is 1.64 bits per heavy atom. The third kappa shape index (κ3) is 6.67. The average Bonchev–Trinajstić information content (AvgIpc) is 2.98. The van der Waals surface area contributed by atoms with Gasteiger partial charge in [0.2, 0.25) is 6.17 Å². The van der Waals surface area contributed by atoms with Crippen molar-refractivity contribution in [3.8, 4) is 0 Å². The van der Waals surface area contributed by atoms with E-state index in [1.165, 1.54) is 11.0 Å². The molecule has 1 aliphatic rings. The maximum absolute atomic E-state index is 15.0. The Balaban J connectivity index is 1.75. The van der Waals surface area contributed by atoms with Crippen molar-refractivity contribution < 1.29 is 28.2 Å². The molecule has 1 N–H and O–H groups in total. The molecule has 0 spiro atoms. The predicted molar refractivity (Wildman–Crippen MR) is 145 cm³/mol. The maximum atomic E-state index is 15.0. The maximum Gasteiger partial charge on any atom is 0.409 e. The topological polar surface area (TPSA) is 97.3 Å². The zero-order chi connectivity index (χ0) is 28.2. The Labute approximate surface area is 226 Å². The van der Waals surface area contributed by atoms with Crippen molar-refractivity contribution in [3.05, 3.63) is 101 Å². The van der Waals surface area contributed by atoms with Gasteiger partial charge in [-0.15, -0.1) is 0 Å². The molecule has 0 saturated heterocycles. The van der Waals surface area contributed by atoms with Crippen molar-refractivity contribution in [1.29, 1.82) is 0 Å². The van der Waals surface area contributed by atoms with E-state index in [0.29, 0.717) is 16.8 Å². The molecule has 0 fully saturated rings. The number of carbonyl (C=O) groups excluding carboxylic acids is 3. The molecule has 3 aromatic carbocycles. The van der Waals surface area contributed by atoms with Gasteiger partial charge in [0, 0.05) is 11.1 Å². The molecule has 0 radical (unpaired) electrons. The SMILES string of the molecule is Cc1cccc2c1N(CC(=O)OC(C)(C)C)C(=O)C(NC(=O)OCc1ccccc1)N=C2c1ccccc1F. The van der Waals surface area contributed by atoms with Gasteiger partial charge in [0.25, 0.3) is 5.91 Å². The second kappa shape index (κ2) is 11.5. The molecule has 0 aromatic heterocycles. The predicted octanol–water partition coefficient (Wildman–Crippen LogP) is 4.91. The minimum atomic E-state index is -1.50. The van der Waals surface area contributed by atoms with Gasteiger partial charge in [-0.25, -0.2) is 14.2 Å². The van der Waals surface area contributed by atoms with Crippen LogP contribution < -0.4 is 10.2 Å². The van der Waals surface area contributed by atoms with Crippen LogP contribution in [0.5, 0.6) is 0 Å². The van der Waals surface area contributed by atoms with Crippen molar-refractivity contribution in [2.45, 2.75) is 46.1 Å². The van der Waals surface area contributed by atoms with Gasteiger partial charge >= 0.3 is 12.1 Å². The number of alkyl carbamates (subject to hydrolysis) is 1. The van der Waals surface area contributed by atoms with Gasteiger partial charge in [-0.1, -0.05) is 60.7 Å². The van der Waals surface area contributed by atoms with Crippen LogP contribution in [0.4, 0.5) is 14.9 Å². The number of rotatable bonds is 6. The van der Waals surface area contributed by atoms with Crippen molar-refractivity contribution in [3.63, 3.8) is 0 Å². The number of nitrogens with zero attached hydrogens (tertiary/aromatic N) is 2. The molecule has 1 unspecified atom stereocenters. The van der Waals surface area contributed by atoms with Crippen molar-refractivity contribution in [1.82, 2.24) is 5.32 Å². The summed E-state index contributed by atoms with van der Waals surface area (Å²) in [5.41, 5.74) is 1.72. The molecule has 4 rings (SSSR count). The second-order valence-electron chi connectivity index (χ2n) is 10.0. The first-order valence-electron chi connectivity index (χ1n) is 12.5. The van der Waals surface area contributed by atoms with E-state index in [2.05, 4.69) is 10.3 Å². The number of fused-ring (bicyclic) bond motifs is 1. The van der Waals surface area contributed by atoms with Crippen molar-refractivity contribution in [2.75, 3.05) is 11.4 Å². The summed E-state index contributed by atoms with van der Waals surface area (Å²) < 4.78 is 25.8. The number of carbonyl (C=O) groups is 3. The Morgan fingerprint density at radius 1 is 0.974 bits per heavy atom. The lowest BCUT2D eigenvalue weighted by Crippen LogP contribution is -2.49. The number of benzodiazepines with no additional fused rings is 1. The van der Waals surface area contributed by atoms with Gasteiger partial charge in [-0.05, 0) is 51.0 Å². The number of hydrogen-bond acceptors (Lipinski definition) is 6. The van der Waals surface area contributed by atoms with E-state index >= 15 is 4.39 Å². The number of para-hydroxylation sites is 1. The highest BCUT2D eigenvalue weighted by atomic mass is 19.1. The van der Waals surface area contributed by atoms with E-state index in [9.17, 15) is 14.4 Å². The molecule has 8 nitrogen and oxygen atoms in total. The van der Waals surface area contributed by atoms with Gasteiger partial charge < -0.3 is 9.47 Å². The molecule has 9 heteroatoms. The van der Waals surface area contributed by atoms with Crippen LogP contribution in [-0.2, 0) is 25.7 Å². The summed E-state index contributed by atoms with van der Waals surface area (Å²) in [6.07, 6.45) is -2.40. The molecular weight excluding hydrogens is 501 g/mol. The van der Waals surface area contributed by atoms with E-state index in [0.717, 1.165) is 5.56 Å². The van der Waals surface area contributed by atoms with Crippen LogP contribution in [0.15, 0.2) is 77.8 Å². The van der Waals surface area contributed by atoms with Crippen LogP contribution in [0.25, 0.3) is 0 Å². The minimum absolute atomic E-state index is 0.0293. The summed E-state index contributed by atoms with van der Waals surface area (Å²) in [5.74, 6) is -1.90. The number of esters is 1. The van der Waals surface area contributed by atoms with Gasteiger partial charge in [-0.2, -0.15) is 0 Å². The minimum Gasteiger partial charge on any atom is -0.459 e. The zero-order valence-corrected chi connectivity index (χ0v) is 22.2. The third-order valence-corrected chi connectivity index (χ3v) is 5.82. The number of nitrogens with one attached hydrogen (secondary N) is 1. The molecule has 202 valence electrons. The highest BCUT2D eigenvalue weighted by Gasteiger charge is 2.36. The van der Waals surface area contributed by atoms with Crippen LogP contribution in [0.1, 0.15) is 43.0 Å². The van der Waals surface area contributed by atoms with E-state index < -0.39 is 42.1 Å². The number of amides is 2. The number of benzene rings is 3. The van der Waals surface area contributed by atoms with E-state index in [-0.39, 0.29) is 17.9 Å². The lowest BCUT2D eigenvalue weighted by molar-refractivity contribution is -0.153. The molecule has 1 atom stereocenters. The molecule has 3 aromatic rings. The summed E-state index contributed by atoms with van der Waals surface area (Å²) in [6.45, 7) is 6.47. The zero-order valence-electron chi connectivity index (χ0n) is 22.2. The standard InChI is InChI=1S/C30H30FN3O5/c1-19-11-10-15-22-25(21-14-8-9-16-23(21)31)32-27(33-29(37)38-18-20-12-6-5-7-13-20)28(36)34(26(19)22)17-24(35)39-30(2,3)4/h5-16,27H,17-18H2,1-4H3,(H,33,37). The van der Waals surface area contributed by atoms with Crippen LogP contribution >= 0.6 is 0 Å². The number of halogens is 1. The van der Waals surface area contributed by atoms with Crippen molar-refractivity contribution in [2.24, 2.45) is 4.99 Å². The smallest absolute Gasteiger partial charge is 0.409 e. The molecule has 0 aliphatic carbocycles. The van der Waals surface area contributed by atoms with E-state index in [4.69, 9.17) is 9.47 Å². The Kier molecular flexibility index (Phi) is 8.09. The van der Waals surface area contributed by atoms with E-state index in [1.54, 1.807) is 76.2 Å². The number of aryl methyl sites for hydroxylation is 1. The molecule has 0 saturated carbocycles. The number of anilines is 1. The Bertz CT molecular complexity index is 1420. The molecule has 0 bridgehead atoms. The molecule has 1 heterocycles. The fourth-order valence-corrected chi connectivity index (χ4v) is 4.22. The number of aliphatic imine (C=N–C) groups is 1. The number of hydrogen-bond donors (Lipinski definition) is 1.